The Kier molecular flexibility index (Phi) is 3.82. The smallest absolute Gasteiger partial charge is 0.239 e. The molecule has 0 aromatic heterocycles. The molecule has 92 valence electrons. The molecule has 0 spiro atoms. The van der Waals surface area contributed by atoms with Crippen LogP contribution in [0, 0.1) is 5.92 Å². The Morgan fingerprint density at radius 2 is 2.12 bits per heavy atom. The average Bonchev–Trinajstić information content (AvgIpc) is 2.62. The van der Waals surface area contributed by atoms with Crippen molar-refractivity contribution in [3.8, 4) is 0 Å². The first-order valence-corrected chi connectivity index (χ1v) is 6.34. The van der Waals surface area contributed by atoms with Gasteiger partial charge in [-0.3, -0.25) is 4.79 Å². The van der Waals surface area contributed by atoms with Crippen LogP contribution in [0.5, 0.6) is 0 Å². The number of aliphatic hydroxyl groups is 1. The van der Waals surface area contributed by atoms with E-state index in [0.29, 0.717) is 12.0 Å². The van der Waals surface area contributed by atoms with Gasteiger partial charge in [0.1, 0.15) is 0 Å². The van der Waals surface area contributed by atoms with Crippen molar-refractivity contribution in [3.63, 3.8) is 0 Å². The van der Waals surface area contributed by atoms with E-state index in [2.05, 4.69) is 5.32 Å². The normalized spacial score (nSPS) is 35.8. The zero-order valence-corrected chi connectivity index (χ0v) is 9.98. The van der Waals surface area contributed by atoms with Crippen molar-refractivity contribution >= 4 is 5.91 Å². The molecular formula is C12H22N2O2. The fourth-order valence-corrected chi connectivity index (χ4v) is 2.88. The minimum Gasteiger partial charge on any atom is -0.396 e. The van der Waals surface area contributed by atoms with E-state index in [1.807, 2.05) is 7.05 Å². The second-order valence-corrected chi connectivity index (χ2v) is 5.10. The second kappa shape index (κ2) is 5.15. The summed E-state index contributed by atoms with van der Waals surface area (Å²) in [5.41, 5.74) is 0. The lowest BCUT2D eigenvalue weighted by molar-refractivity contribution is -0.128. The van der Waals surface area contributed by atoms with Gasteiger partial charge in [0.05, 0.1) is 6.04 Å². The molecule has 3 atom stereocenters. The van der Waals surface area contributed by atoms with Crippen LogP contribution in [0.3, 0.4) is 0 Å². The Labute approximate surface area is 97.0 Å². The van der Waals surface area contributed by atoms with Crippen LogP contribution < -0.4 is 5.32 Å². The fourth-order valence-electron chi connectivity index (χ4n) is 2.88. The van der Waals surface area contributed by atoms with E-state index in [1.54, 1.807) is 4.90 Å². The molecule has 0 bridgehead atoms. The Morgan fingerprint density at radius 1 is 1.38 bits per heavy atom. The van der Waals surface area contributed by atoms with Crippen molar-refractivity contribution in [2.45, 2.75) is 44.2 Å². The Balaban J connectivity index is 1.90. The number of hydrogen-bond acceptors (Lipinski definition) is 3. The summed E-state index contributed by atoms with van der Waals surface area (Å²) in [5.74, 6) is 0.551. The maximum Gasteiger partial charge on any atom is 0.239 e. The number of carbonyl (C=O) groups is 1. The van der Waals surface area contributed by atoms with Crippen molar-refractivity contribution in [1.29, 1.82) is 0 Å². The van der Waals surface area contributed by atoms with Gasteiger partial charge in [-0.1, -0.05) is 12.8 Å². The van der Waals surface area contributed by atoms with E-state index in [0.717, 1.165) is 25.8 Å². The number of nitrogens with zero attached hydrogens (tertiary/aromatic N) is 1. The Bertz CT molecular complexity index is 257. The first-order valence-electron chi connectivity index (χ1n) is 6.34. The van der Waals surface area contributed by atoms with Gasteiger partial charge in [0, 0.05) is 26.2 Å². The molecule has 2 N–H and O–H groups in total. The van der Waals surface area contributed by atoms with Crippen molar-refractivity contribution in [2.75, 3.05) is 20.2 Å². The summed E-state index contributed by atoms with van der Waals surface area (Å²) >= 11 is 0. The minimum atomic E-state index is -0.0119. The van der Waals surface area contributed by atoms with Crippen molar-refractivity contribution in [2.24, 2.45) is 5.92 Å². The second-order valence-electron chi connectivity index (χ2n) is 5.10. The zero-order chi connectivity index (χ0) is 11.5. The molecule has 2 aliphatic rings. The Hall–Kier alpha value is -0.610. The van der Waals surface area contributed by atoms with Crippen LogP contribution in [-0.4, -0.2) is 48.2 Å². The number of nitrogens with one attached hydrogen (secondary N) is 1. The highest BCUT2D eigenvalue weighted by Gasteiger charge is 2.33. The lowest BCUT2D eigenvalue weighted by atomic mass is 9.84. The van der Waals surface area contributed by atoms with E-state index in [1.165, 1.54) is 12.8 Å². The van der Waals surface area contributed by atoms with Crippen LogP contribution in [0.4, 0.5) is 0 Å². The van der Waals surface area contributed by atoms with Gasteiger partial charge >= 0.3 is 0 Å². The van der Waals surface area contributed by atoms with Crippen LogP contribution >= 0.6 is 0 Å². The van der Waals surface area contributed by atoms with Gasteiger partial charge in [0.15, 0.2) is 0 Å². The third-order valence-corrected chi connectivity index (χ3v) is 3.99. The molecule has 1 aliphatic carbocycles. The third-order valence-electron chi connectivity index (χ3n) is 3.99. The molecule has 1 aliphatic heterocycles. The van der Waals surface area contributed by atoms with Gasteiger partial charge in [-0.2, -0.15) is 0 Å². The number of likely N-dealkylation sites (tertiary alicyclic amines) is 1. The van der Waals surface area contributed by atoms with Crippen molar-refractivity contribution in [3.05, 3.63) is 0 Å². The van der Waals surface area contributed by atoms with Crippen LogP contribution in [0.1, 0.15) is 32.1 Å². The fraction of sp³-hybridized carbons (Fsp3) is 0.917. The van der Waals surface area contributed by atoms with Gasteiger partial charge in [-0.25, -0.2) is 0 Å². The first kappa shape index (κ1) is 11.9. The van der Waals surface area contributed by atoms with Crippen LogP contribution in [0.2, 0.25) is 0 Å². The molecule has 0 radical (unpaired) electrons. The third kappa shape index (κ3) is 2.38. The van der Waals surface area contributed by atoms with Crippen LogP contribution in [0.15, 0.2) is 0 Å². The summed E-state index contributed by atoms with van der Waals surface area (Å²) in [6, 6.07) is 0.321. The molecule has 1 heterocycles. The van der Waals surface area contributed by atoms with E-state index in [4.69, 9.17) is 0 Å². The lowest BCUT2D eigenvalue weighted by Gasteiger charge is -2.32. The largest absolute Gasteiger partial charge is 0.396 e. The van der Waals surface area contributed by atoms with Gasteiger partial charge in [0.2, 0.25) is 5.91 Å². The summed E-state index contributed by atoms with van der Waals surface area (Å²) in [4.78, 5) is 13.6. The lowest BCUT2D eigenvalue weighted by Crippen LogP contribution is -2.48. The number of carbonyl (C=O) groups excluding carboxylic acids is 1. The van der Waals surface area contributed by atoms with Crippen molar-refractivity contribution < 1.29 is 9.90 Å². The number of aliphatic hydroxyl groups excluding tert-OH is 1. The number of rotatable bonds is 3. The molecular weight excluding hydrogens is 204 g/mol. The highest BCUT2D eigenvalue weighted by atomic mass is 16.3. The van der Waals surface area contributed by atoms with Gasteiger partial charge in [-0.05, 0) is 25.2 Å². The molecule has 0 unspecified atom stereocenters. The molecule has 2 fully saturated rings. The molecule has 1 amide bonds. The number of hydrogen-bond donors (Lipinski definition) is 2. The molecule has 16 heavy (non-hydrogen) atoms. The predicted molar refractivity (Wildman–Crippen MR) is 62.0 cm³/mol. The summed E-state index contributed by atoms with van der Waals surface area (Å²) in [5, 5.41) is 12.8. The van der Waals surface area contributed by atoms with E-state index >= 15 is 0 Å². The van der Waals surface area contributed by atoms with Gasteiger partial charge in [0.25, 0.3) is 0 Å². The summed E-state index contributed by atoms with van der Waals surface area (Å²) in [7, 11) is 1.86. The molecule has 2 rings (SSSR count). The quantitative estimate of drug-likeness (QED) is 0.730. The minimum absolute atomic E-state index is 0.0119. The molecule has 0 aromatic rings. The molecule has 1 saturated carbocycles. The summed E-state index contributed by atoms with van der Waals surface area (Å²) in [6.07, 6.45) is 5.51. The number of likely N-dealkylation sites (N-methyl/N-ethyl adjacent to an activating group) is 1. The maximum absolute atomic E-state index is 11.8. The summed E-state index contributed by atoms with van der Waals surface area (Å²) in [6.45, 7) is 1.10. The van der Waals surface area contributed by atoms with Crippen LogP contribution in [0.25, 0.3) is 0 Å². The molecule has 4 heteroatoms. The Morgan fingerprint density at radius 3 is 2.75 bits per heavy atom. The van der Waals surface area contributed by atoms with E-state index < -0.39 is 0 Å². The zero-order valence-electron chi connectivity index (χ0n) is 9.98. The number of amides is 1. The SMILES string of the molecule is CN1CC[C@H](N[C@@H]2CCCC[C@H]2CO)C1=O. The van der Waals surface area contributed by atoms with E-state index in [9.17, 15) is 9.90 Å². The van der Waals surface area contributed by atoms with Crippen LogP contribution in [-0.2, 0) is 4.79 Å². The molecule has 4 nitrogen and oxygen atoms in total. The topological polar surface area (TPSA) is 52.6 Å². The molecule has 1 saturated heterocycles. The van der Waals surface area contributed by atoms with Crippen molar-refractivity contribution in [1.82, 2.24) is 10.2 Å². The highest BCUT2D eigenvalue weighted by molar-refractivity contribution is 5.83. The highest BCUT2D eigenvalue weighted by Crippen LogP contribution is 2.25. The van der Waals surface area contributed by atoms with E-state index in [-0.39, 0.29) is 18.6 Å². The van der Waals surface area contributed by atoms with Gasteiger partial charge < -0.3 is 15.3 Å². The first-order chi connectivity index (χ1) is 7.72. The monoisotopic (exact) mass is 226 g/mol. The standard InChI is InChI=1S/C12H22N2O2/c1-14-7-6-11(12(14)16)13-10-5-3-2-4-9(10)8-15/h9-11,13,15H,2-8H2,1H3/t9-,10+,11-/m0/s1. The average molecular weight is 226 g/mol. The maximum atomic E-state index is 11.8. The van der Waals surface area contributed by atoms with Gasteiger partial charge in [-0.15, -0.1) is 0 Å². The molecule has 0 aromatic carbocycles. The summed E-state index contributed by atoms with van der Waals surface area (Å²) < 4.78 is 0. The predicted octanol–water partition coefficient (Wildman–Crippen LogP) is 0.358.